The molecule has 1 atom stereocenters. The maximum Gasteiger partial charge on any atom is 0.0716 e. The molecule has 0 saturated heterocycles. The summed E-state index contributed by atoms with van der Waals surface area (Å²) in [5, 5.41) is 5.12. The van der Waals surface area contributed by atoms with Gasteiger partial charge < -0.3 is 9.13 Å². The molecule has 298 valence electrons. The van der Waals surface area contributed by atoms with Gasteiger partial charge in [-0.3, -0.25) is 0 Å². The maximum atomic E-state index is 2.47. The Hall–Kier alpha value is -8.20. The van der Waals surface area contributed by atoms with Gasteiger partial charge in [0.05, 0.1) is 27.5 Å². The van der Waals surface area contributed by atoms with E-state index in [1.807, 2.05) is 0 Å². The fourth-order valence-electron chi connectivity index (χ4n) is 12.1. The molecule has 10 aromatic carbocycles. The summed E-state index contributed by atoms with van der Waals surface area (Å²) in [5.41, 5.74) is 21.3. The van der Waals surface area contributed by atoms with Crippen LogP contribution in [0, 0.1) is 0 Å². The zero-order chi connectivity index (χ0) is 41.9. The van der Waals surface area contributed by atoms with Crippen LogP contribution >= 0.6 is 0 Å². The van der Waals surface area contributed by atoms with Crippen LogP contribution in [-0.2, 0) is 5.41 Å². The molecule has 0 N–H and O–H groups in total. The highest BCUT2D eigenvalue weighted by Gasteiger charge is 2.48. The molecule has 0 saturated carbocycles. The Morgan fingerprint density at radius 1 is 0.297 bits per heavy atom. The fourth-order valence-corrected chi connectivity index (χ4v) is 12.1. The molecule has 2 aromatic heterocycles. The molecule has 2 heterocycles. The molecule has 0 aliphatic heterocycles. The average molecular weight is 813 g/mol. The second-order valence-electron chi connectivity index (χ2n) is 17.5. The molecule has 0 fully saturated rings. The minimum Gasteiger partial charge on any atom is -0.309 e. The van der Waals surface area contributed by atoms with Gasteiger partial charge in [0.2, 0.25) is 0 Å². The van der Waals surface area contributed by atoms with Crippen LogP contribution in [0.2, 0.25) is 0 Å². The van der Waals surface area contributed by atoms with E-state index >= 15 is 0 Å². The maximum absolute atomic E-state index is 2.47. The van der Waals surface area contributed by atoms with E-state index in [9.17, 15) is 0 Å². The minimum absolute atomic E-state index is 0.0277. The van der Waals surface area contributed by atoms with E-state index < -0.39 is 5.41 Å². The van der Waals surface area contributed by atoms with Crippen molar-refractivity contribution in [2.24, 2.45) is 0 Å². The van der Waals surface area contributed by atoms with Gasteiger partial charge in [-0.1, -0.05) is 188 Å². The van der Waals surface area contributed by atoms with Gasteiger partial charge in [-0.15, -0.1) is 0 Å². The number of benzene rings is 10. The molecule has 1 unspecified atom stereocenters. The van der Waals surface area contributed by atoms with Crippen LogP contribution < -0.4 is 0 Å². The quantitative estimate of drug-likeness (QED) is 0.164. The van der Waals surface area contributed by atoms with Crippen LogP contribution in [0.3, 0.4) is 0 Å². The highest BCUT2D eigenvalue weighted by molar-refractivity contribution is 6.18. The molecule has 2 aliphatic rings. The first-order valence-electron chi connectivity index (χ1n) is 22.4. The number of nitrogens with zero attached hydrogens (tertiary/aromatic N) is 2. The predicted octanol–water partition coefficient (Wildman–Crippen LogP) is 15.4. The van der Waals surface area contributed by atoms with Gasteiger partial charge in [0, 0.05) is 38.8 Å². The zero-order valence-corrected chi connectivity index (χ0v) is 35.0. The van der Waals surface area contributed by atoms with Crippen molar-refractivity contribution in [3.05, 3.63) is 276 Å². The Morgan fingerprint density at radius 2 is 0.750 bits per heavy atom. The van der Waals surface area contributed by atoms with Crippen molar-refractivity contribution in [2.75, 3.05) is 0 Å². The SMILES string of the molecule is c1ccc(C2(c3ccccc3C3c4ccccc4-c4c3ccc3c4c4ccccc4n3-c3ccc(-n4c5ccccc5c5ccccc54)cc3)c3ccccc3-c3ccccc32)cc1. The number of aromatic nitrogens is 2. The first-order chi connectivity index (χ1) is 31.8. The van der Waals surface area contributed by atoms with E-state index in [1.54, 1.807) is 0 Å². The summed E-state index contributed by atoms with van der Waals surface area (Å²) in [6, 6.07) is 88.3. The standard InChI is InChI=1S/C62H40N2/c1-2-18-40(19-3-1)62(52-28-12-6-20-43(52)44-21-7-13-29-53(44)62)54-30-14-8-26-49(54)59-47-24-4-5-25-48(47)60-51(59)38-39-58-61(60)50-27-11-17-33-57(50)64(58)42-36-34-41(35-37-42)63-55-31-15-9-22-45(55)46-23-10-16-32-56(46)63/h1-39,59H. The summed E-state index contributed by atoms with van der Waals surface area (Å²) >= 11 is 0. The van der Waals surface area contributed by atoms with Crippen molar-refractivity contribution < 1.29 is 0 Å². The van der Waals surface area contributed by atoms with E-state index in [0.29, 0.717) is 0 Å². The monoisotopic (exact) mass is 812 g/mol. The van der Waals surface area contributed by atoms with E-state index in [0.717, 1.165) is 11.4 Å². The Labute approximate surface area is 371 Å². The molecule has 0 spiro atoms. The molecule has 2 nitrogen and oxygen atoms in total. The van der Waals surface area contributed by atoms with Gasteiger partial charge in [-0.05, 0) is 110 Å². The lowest BCUT2D eigenvalue weighted by Crippen LogP contribution is -2.30. The van der Waals surface area contributed by atoms with Gasteiger partial charge >= 0.3 is 0 Å². The van der Waals surface area contributed by atoms with Gasteiger partial charge in [-0.25, -0.2) is 0 Å². The molecule has 0 amide bonds. The van der Waals surface area contributed by atoms with Crippen molar-refractivity contribution in [3.63, 3.8) is 0 Å². The molecule has 64 heavy (non-hydrogen) atoms. The van der Waals surface area contributed by atoms with Crippen LogP contribution in [0.1, 0.15) is 44.9 Å². The largest absolute Gasteiger partial charge is 0.309 e. The normalized spacial score (nSPS) is 14.5. The predicted molar refractivity (Wildman–Crippen MR) is 265 cm³/mol. The molecular weight excluding hydrogens is 773 g/mol. The summed E-state index contributed by atoms with van der Waals surface area (Å²) < 4.78 is 4.87. The summed E-state index contributed by atoms with van der Waals surface area (Å²) in [7, 11) is 0. The Kier molecular flexibility index (Phi) is 7.41. The van der Waals surface area contributed by atoms with Crippen molar-refractivity contribution in [3.8, 4) is 33.6 Å². The van der Waals surface area contributed by atoms with E-state index in [-0.39, 0.29) is 5.92 Å². The number of hydrogen-bond donors (Lipinski definition) is 0. The molecule has 0 radical (unpaired) electrons. The van der Waals surface area contributed by atoms with Crippen LogP contribution in [0.15, 0.2) is 237 Å². The molecule has 0 bridgehead atoms. The topological polar surface area (TPSA) is 9.86 Å². The summed E-state index contributed by atoms with van der Waals surface area (Å²) in [5.74, 6) is 0.0277. The Balaban J connectivity index is 0.993. The van der Waals surface area contributed by atoms with Crippen molar-refractivity contribution in [1.82, 2.24) is 9.13 Å². The fraction of sp³-hybridized carbons (Fsp3) is 0.0323. The Bertz CT molecular complexity index is 3750. The second kappa shape index (κ2) is 13.4. The van der Waals surface area contributed by atoms with Crippen molar-refractivity contribution in [2.45, 2.75) is 11.3 Å². The van der Waals surface area contributed by atoms with Crippen LogP contribution in [0.5, 0.6) is 0 Å². The van der Waals surface area contributed by atoms with Crippen LogP contribution in [0.25, 0.3) is 77.2 Å². The molecule has 2 aliphatic carbocycles. The van der Waals surface area contributed by atoms with Gasteiger partial charge in [-0.2, -0.15) is 0 Å². The lowest BCUT2D eigenvalue weighted by Gasteiger charge is -2.36. The number of fused-ring (bicyclic) bond motifs is 13. The average Bonchev–Trinajstić information content (AvgIpc) is 4.08. The highest BCUT2D eigenvalue weighted by atomic mass is 15.0. The first-order valence-corrected chi connectivity index (χ1v) is 22.4. The lowest BCUT2D eigenvalue weighted by molar-refractivity contribution is 0.748. The molecular formula is C62H40N2. The third-order valence-corrected chi connectivity index (χ3v) is 14.5. The number of hydrogen-bond acceptors (Lipinski definition) is 0. The van der Waals surface area contributed by atoms with E-state index in [2.05, 4.69) is 246 Å². The summed E-state index contributed by atoms with van der Waals surface area (Å²) in [6.45, 7) is 0. The highest BCUT2D eigenvalue weighted by Crippen LogP contribution is 2.60. The Morgan fingerprint density at radius 3 is 1.38 bits per heavy atom. The van der Waals surface area contributed by atoms with E-state index in [1.165, 1.54) is 105 Å². The number of para-hydroxylation sites is 3. The zero-order valence-electron chi connectivity index (χ0n) is 35.0. The minimum atomic E-state index is -0.506. The van der Waals surface area contributed by atoms with Gasteiger partial charge in [0.1, 0.15) is 0 Å². The number of rotatable bonds is 5. The molecule has 12 aromatic rings. The van der Waals surface area contributed by atoms with Crippen molar-refractivity contribution >= 4 is 43.6 Å². The molecule has 2 heteroatoms. The third-order valence-electron chi connectivity index (χ3n) is 14.5. The lowest BCUT2D eigenvalue weighted by atomic mass is 9.65. The van der Waals surface area contributed by atoms with Gasteiger partial charge in [0.25, 0.3) is 0 Å². The molecule has 14 rings (SSSR count). The first kappa shape index (κ1) is 35.4. The smallest absolute Gasteiger partial charge is 0.0716 e. The van der Waals surface area contributed by atoms with Gasteiger partial charge in [0.15, 0.2) is 0 Å². The third kappa shape index (κ3) is 4.64. The van der Waals surface area contributed by atoms with Crippen LogP contribution in [-0.4, -0.2) is 9.13 Å². The summed E-state index contributed by atoms with van der Waals surface area (Å²) in [6.07, 6.45) is 0. The van der Waals surface area contributed by atoms with Crippen molar-refractivity contribution in [1.29, 1.82) is 0 Å². The summed E-state index contributed by atoms with van der Waals surface area (Å²) in [4.78, 5) is 0. The second-order valence-corrected chi connectivity index (χ2v) is 17.5. The van der Waals surface area contributed by atoms with Crippen LogP contribution in [0.4, 0.5) is 0 Å². The van der Waals surface area contributed by atoms with E-state index in [4.69, 9.17) is 0 Å².